The fourth-order valence-electron chi connectivity index (χ4n) is 5.98. The molecule has 4 unspecified atom stereocenters. The molecule has 3 heteroatoms. The highest BCUT2D eigenvalue weighted by Crippen LogP contribution is 2.47. The van der Waals surface area contributed by atoms with Crippen LogP contribution in [0.4, 0.5) is 8.78 Å². The predicted octanol–water partition coefficient (Wildman–Crippen LogP) is 6.56. The standard InChI is InChI=1S/C22H36F2.H2O.2H2/c1-3-4-19-13-14-20(22(24)21(19)23)18-11-9-17(10-12-18)16-7-5-15(2)6-8-16;;;/h3,15-22H,1,4-14H2,2H3;1H2;2*1H. The molecule has 0 saturated heterocycles. The summed E-state index contributed by atoms with van der Waals surface area (Å²) in [6.45, 7) is 6.07. The number of hydrogen-bond acceptors (Lipinski definition) is 0. The molecule has 1 nitrogen and oxygen atoms in total. The van der Waals surface area contributed by atoms with Gasteiger partial charge in [-0.2, -0.15) is 0 Å². The van der Waals surface area contributed by atoms with E-state index < -0.39 is 12.3 Å². The highest BCUT2D eigenvalue weighted by Gasteiger charge is 2.44. The van der Waals surface area contributed by atoms with Crippen LogP contribution in [0.3, 0.4) is 0 Å². The molecule has 3 aliphatic rings. The van der Waals surface area contributed by atoms with Gasteiger partial charge in [-0.05, 0) is 93.3 Å². The van der Waals surface area contributed by atoms with Gasteiger partial charge in [-0.15, -0.1) is 6.58 Å². The van der Waals surface area contributed by atoms with E-state index in [-0.39, 0.29) is 20.2 Å². The lowest BCUT2D eigenvalue weighted by molar-refractivity contribution is -0.0140. The van der Waals surface area contributed by atoms with Gasteiger partial charge in [0.05, 0.1) is 0 Å². The Bertz CT molecular complexity index is 407. The van der Waals surface area contributed by atoms with E-state index in [1.807, 2.05) is 0 Å². The van der Waals surface area contributed by atoms with Crippen molar-refractivity contribution in [3.05, 3.63) is 12.7 Å². The van der Waals surface area contributed by atoms with E-state index in [4.69, 9.17) is 0 Å². The van der Waals surface area contributed by atoms with E-state index in [9.17, 15) is 8.78 Å². The van der Waals surface area contributed by atoms with Crippen molar-refractivity contribution in [3.8, 4) is 0 Å². The van der Waals surface area contributed by atoms with Crippen LogP contribution in [-0.4, -0.2) is 17.8 Å². The van der Waals surface area contributed by atoms with Gasteiger partial charge in [-0.25, -0.2) is 8.78 Å². The van der Waals surface area contributed by atoms with Crippen LogP contribution in [0.5, 0.6) is 0 Å². The lowest BCUT2D eigenvalue weighted by Crippen LogP contribution is -2.42. The normalized spacial score (nSPS) is 45.4. The molecule has 3 saturated carbocycles. The maximum Gasteiger partial charge on any atom is 0.135 e. The Hall–Kier alpha value is -0.440. The molecule has 3 rings (SSSR count). The van der Waals surface area contributed by atoms with Crippen LogP contribution in [0, 0.1) is 35.5 Å². The minimum atomic E-state index is -1.26. The summed E-state index contributed by atoms with van der Waals surface area (Å²) in [5.41, 5.74) is 0. The molecule has 0 aromatic heterocycles. The molecule has 150 valence electrons. The lowest BCUT2D eigenvalue weighted by atomic mass is 9.64. The minimum Gasteiger partial charge on any atom is -0.412 e. The fraction of sp³-hybridized carbons (Fsp3) is 0.909. The van der Waals surface area contributed by atoms with Gasteiger partial charge in [-0.1, -0.05) is 25.8 Å². The van der Waals surface area contributed by atoms with Gasteiger partial charge in [0.25, 0.3) is 0 Å². The number of rotatable bonds is 4. The number of halogens is 2. The molecule has 0 radical (unpaired) electrons. The summed E-state index contributed by atoms with van der Waals surface area (Å²) in [5, 5.41) is 0. The minimum absolute atomic E-state index is 0. The average Bonchev–Trinajstić information content (AvgIpc) is 2.60. The summed E-state index contributed by atoms with van der Waals surface area (Å²) in [7, 11) is 0. The Morgan fingerprint density at radius 1 is 0.800 bits per heavy atom. The molecule has 0 aromatic rings. The van der Waals surface area contributed by atoms with Crippen molar-refractivity contribution >= 4 is 0 Å². The SMILES string of the molecule is C=CCC1CCC(C2CCC(C3CCC(C)CC3)CC2)C(F)C1F.O.[HH].[HH]. The topological polar surface area (TPSA) is 31.5 Å². The highest BCUT2D eigenvalue weighted by molar-refractivity contribution is 4.94. The van der Waals surface area contributed by atoms with Crippen molar-refractivity contribution in [1.82, 2.24) is 0 Å². The highest BCUT2D eigenvalue weighted by atomic mass is 19.2. The van der Waals surface area contributed by atoms with Crippen LogP contribution in [-0.2, 0) is 0 Å². The van der Waals surface area contributed by atoms with E-state index >= 15 is 0 Å². The average molecular weight is 361 g/mol. The summed E-state index contributed by atoms with van der Waals surface area (Å²) in [6, 6.07) is 0. The molecule has 25 heavy (non-hydrogen) atoms. The molecule has 0 bridgehead atoms. The molecule has 0 amide bonds. The smallest absolute Gasteiger partial charge is 0.135 e. The first-order valence-electron chi connectivity index (χ1n) is 10.5. The van der Waals surface area contributed by atoms with Crippen LogP contribution in [0.15, 0.2) is 12.7 Å². The second-order valence-corrected chi connectivity index (χ2v) is 9.11. The monoisotopic (exact) mass is 360 g/mol. The van der Waals surface area contributed by atoms with Crippen molar-refractivity contribution < 1.29 is 17.1 Å². The second-order valence-electron chi connectivity index (χ2n) is 9.11. The third kappa shape index (κ3) is 4.84. The van der Waals surface area contributed by atoms with Gasteiger partial charge >= 0.3 is 0 Å². The largest absolute Gasteiger partial charge is 0.412 e. The first-order chi connectivity index (χ1) is 11.6. The van der Waals surface area contributed by atoms with Gasteiger partial charge in [0.2, 0.25) is 0 Å². The molecule has 3 fully saturated rings. The number of allylic oxidation sites excluding steroid dienone is 1. The van der Waals surface area contributed by atoms with Gasteiger partial charge in [0.15, 0.2) is 0 Å². The van der Waals surface area contributed by atoms with Crippen molar-refractivity contribution in [2.75, 3.05) is 0 Å². The van der Waals surface area contributed by atoms with E-state index in [1.54, 1.807) is 6.08 Å². The number of hydrogen-bond donors (Lipinski definition) is 0. The molecule has 0 heterocycles. The van der Waals surface area contributed by atoms with Crippen LogP contribution in [0.25, 0.3) is 0 Å². The van der Waals surface area contributed by atoms with E-state index in [1.165, 1.54) is 38.5 Å². The summed E-state index contributed by atoms with van der Waals surface area (Å²) in [6.07, 6.45) is 12.0. The summed E-state index contributed by atoms with van der Waals surface area (Å²) in [4.78, 5) is 0. The third-order valence-electron chi connectivity index (χ3n) is 7.65. The zero-order valence-electron chi connectivity index (χ0n) is 15.9. The number of alkyl halides is 2. The van der Waals surface area contributed by atoms with Gasteiger partial charge in [0, 0.05) is 2.85 Å². The van der Waals surface area contributed by atoms with E-state index in [0.29, 0.717) is 12.3 Å². The summed E-state index contributed by atoms with van der Waals surface area (Å²) < 4.78 is 29.1. The molecule has 0 aromatic carbocycles. The Morgan fingerprint density at radius 3 is 1.88 bits per heavy atom. The Morgan fingerprint density at radius 2 is 1.32 bits per heavy atom. The van der Waals surface area contributed by atoms with Gasteiger partial charge in [0.1, 0.15) is 12.3 Å². The van der Waals surface area contributed by atoms with Crippen LogP contribution in [0.1, 0.15) is 80.4 Å². The Kier molecular flexibility index (Phi) is 7.91. The van der Waals surface area contributed by atoms with Crippen LogP contribution in [0.2, 0.25) is 0 Å². The van der Waals surface area contributed by atoms with E-state index in [0.717, 1.165) is 43.4 Å². The maximum atomic E-state index is 14.7. The fourth-order valence-corrected chi connectivity index (χ4v) is 5.98. The molecule has 4 atom stereocenters. The third-order valence-corrected chi connectivity index (χ3v) is 7.65. The zero-order valence-corrected chi connectivity index (χ0v) is 15.9. The molecular formula is C22H42F2O. The maximum absolute atomic E-state index is 14.7. The first-order valence-corrected chi connectivity index (χ1v) is 10.5. The van der Waals surface area contributed by atoms with Gasteiger partial charge < -0.3 is 5.48 Å². The van der Waals surface area contributed by atoms with Gasteiger partial charge in [-0.3, -0.25) is 0 Å². The quantitative estimate of drug-likeness (QED) is 0.508. The zero-order chi connectivity index (χ0) is 17.1. The molecular weight excluding hydrogens is 318 g/mol. The van der Waals surface area contributed by atoms with Crippen molar-refractivity contribution in [1.29, 1.82) is 0 Å². The van der Waals surface area contributed by atoms with Crippen molar-refractivity contribution in [2.45, 2.75) is 89.9 Å². The summed E-state index contributed by atoms with van der Waals surface area (Å²) >= 11 is 0. The molecule has 0 spiro atoms. The van der Waals surface area contributed by atoms with Crippen molar-refractivity contribution in [2.24, 2.45) is 35.5 Å². The Balaban J connectivity index is 0.00000225. The predicted molar refractivity (Wildman–Crippen MR) is 105 cm³/mol. The Labute approximate surface area is 155 Å². The molecule has 0 aliphatic heterocycles. The van der Waals surface area contributed by atoms with Crippen molar-refractivity contribution in [3.63, 3.8) is 0 Å². The molecule has 2 N–H and O–H groups in total. The lowest BCUT2D eigenvalue weighted by Gasteiger charge is -2.43. The second kappa shape index (κ2) is 9.48. The van der Waals surface area contributed by atoms with Crippen LogP contribution < -0.4 is 0 Å². The first kappa shape index (κ1) is 20.9. The molecule has 3 aliphatic carbocycles. The van der Waals surface area contributed by atoms with Crippen LogP contribution >= 0.6 is 0 Å². The summed E-state index contributed by atoms with van der Waals surface area (Å²) in [5.74, 6) is 2.98. The van der Waals surface area contributed by atoms with E-state index in [2.05, 4.69) is 13.5 Å².